The topological polar surface area (TPSA) is 51.2 Å². The number of nitrogens with zero attached hydrogens (tertiary/aromatic N) is 1. The zero-order chi connectivity index (χ0) is 22.4. The van der Waals surface area contributed by atoms with E-state index in [1.54, 1.807) is 21.3 Å². The molecule has 0 spiro atoms. The van der Waals surface area contributed by atoms with Crippen molar-refractivity contribution in [3.05, 3.63) is 47.0 Å². The fraction of sp³-hybridized carbons (Fsp3) is 0.385. The van der Waals surface area contributed by atoms with Crippen LogP contribution in [0.3, 0.4) is 0 Å². The zero-order valence-electron chi connectivity index (χ0n) is 19.4. The molecule has 164 valence electrons. The number of phenolic OH excluding ortho intramolecular Hbond substituents is 1. The third-order valence-electron chi connectivity index (χ3n) is 6.72. The van der Waals surface area contributed by atoms with Crippen LogP contribution >= 0.6 is 0 Å². The lowest BCUT2D eigenvalue weighted by Gasteiger charge is -2.39. The van der Waals surface area contributed by atoms with Gasteiger partial charge in [-0.3, -0.25) is 4.90 Å². The molecule has 0 saturated carbocycles. The number of aryl methyl sites for hydroxylation is 1. The maximum absolute atomic E-state index is 11.2. The van der Waals surface area contributed by atoms with Crippen molar-refractivity contribution in [2.24, 2.45) is 0 Å². The molecule has 1 aliphatic heterocycles. The van der Waals surface area contributed by atoms with Crippen LogP contribution in [0, 0.1) is 6.92 Å². The van der Waals surface area contributed by atoms with Crippen molar-refractivity contribution in [2.75, 3.05) is 28.4 Å². The lowest BCUT2D eigenvalue weighted by atomic mass is 9.84. The van der Waals surface area contributed by atoms with Crippen LogP contribution in [0.15, 0.2) is 30.3 Å². The summed E-state index contributed by atoms with van der Waals surface area (Å²) in [4.78, 5) is 2.35. The summed E-state index contributed by atoms with van der Waals surface area (Å²) < 4.78 is 17.3. The number of phenols is 1. The molecule has 0 unspecified atom stereocenters. The van der Waals surface area contributed by atoms with Crippen LogP contribution in [0.5, 0.6) is 23.0 Å². The number of ether oxygens (including phenoxy) is 3. The van der Waals surface area contributed by atoms with E-state index in [-0.39, 0.29) is 11.8 Å². The Morgan fingerprint density at radius 2 is 1.68 bits per heavy atom. The number of methoxy groups -OCH3 is 3. The smallest absolute Gasteiger partial charge is 0.135 e. The van der Waals surface area contributed by atoms with Crippen LogP contribution in [0.2, 0.25) is 0 Å². The highest BCUT2D eigenvalue weighted by Gasteiger charge is 2.32. The lowest BCUT2D eigenvalue weighted by Crippen LogP contribution is -2.38. The normalized spacial score (nSPS) is 18.7. The molecule has 0 aliphatic carbocycles. The van der Waals surface area contributed by atoms with E-state index in [4.69, 9.17) is 14.2 Å². The minimum Gasteiger partial charge on any atom is -0.507 e. The van der Waals surface area contributed by atoms with E-state index >= 15 is 0 Å². The molecule has 0 saturated heterocycles. The van der Waals surface area contributed by atoms with Gasteiger partial charge in [0.15, 0.2) is 0 Å². The summed E-state index contributed by atoms with van der Waals surface area (Å²) in [6, 6.07) is 10.5. The standard InChI is InChI=1S/C26H31NO4/c1-14-10-19-18(8-9-21(29-5)25(19)22(11-14)30-6)24-20(28)13-17-12-15(2)27(4)16(3)23(17)26(24)31-7/h8-11,13,15-16,28H,12H2,1-7H3/t15-,16+/m0/s1. The molecule has 1 aliphatic rings. The van der Waals surface area contributed by atoms with E-state index in [9.17, 15) is 5.11 Å². The number of hydrogen-bond donors (Lipinski definition) is 1. The van der Waals surface area contributed by atoms with Gasteiger partial charge in [0, 0.05) is 17.6 Å². The highest BCUT2D eigenvalue weighted by molar-refractivity contribution is 6.06. The first-order chi connectivity index (χ1) is 14.8. The van der Waals surface area contributed by atoms with Crippen molar-refractivity contribution in [1.82, 2.24) is 4.90 Å². The van der Waals surface area contributed by atoms with Gasteiger partial charge in [-0.05, 0) is 80.6 Å². The van der Waals surface area contributed by atoms with Gasteiger partial charge in [-0.15, -0.1) is 0 Å². The summed E-state index contributed by atoms with van der Waals surface area (Å²) in [6.07, 6.45) is 0.872. The number of likely N-dealkylation sites (N-methyl/N-ethyl adjacent to an activating group) is 1. The quantitative estimate of drug-likeness (QED) is 0.604. The van der Waals surface area contributed by atoms with Gasteiger partial charge in [-0.25, -0.2) is 0 Å². The van der Waals surface area contributed by atoms with Crippen LogP contribution in [-0.2, 0) is 6.42 Å². The molecule has 5 nitrogen and oxygen atoms in total. The fourth-order valence-corrected chi connectivity index (χ4v) is 4.96. The van der Waals surface area contributed by atoms with E-state index in [1.165, 1.54) is 0 Å². The molecule has 2 atom stereocenters. The molecular formula is C26H31NO4. The van der Waals surface area contributed by atoms with Crippen LogP contribution in [-0.4, -0.2) is 44.4 Å². The van der Waals surface area contributed by atoms with Crippen molar-refractivity contribution in [3.63, 3.8) is 0 Å². The number of hydrogen-bond acceptors (Lipinski definition) is 5. The summed E-state index contributed by atoms with van der Waals surface area (Å²) in [6.45, 7) is 6.44. The van der Waals surface area contributed by atoms with Crippen LogP contribution in [0.4, 0.5) is 0 Å². The lowest BCUT2D eigenvalue weighted by molar-refractivity contribution is 0.175. The molecule has 1 N–H and O–H groups in total. The zero-order valence-corrected chi connectivity index (χ0v) is 19.4. The van der Waals surface area contributed by atoms with Crippen LogP contribution in [0.25, 0.3) is 21.9 Å². The monoisotopic (exact) mass is 421 g/mol. The predicted molar refractivity (Wildman–Crippen MR) is 125 cm³/mol. The fourth-order valence-electron chi connectivity index (χ4n) is 4.96. The summed E-state index contributed by atoms with van der Waals surface area (Å²) in [5.41, 5.74) is 4.94. The predicted octanol–water partition coefficient (Wildman–Crippen LogP) is 5.48. The minimum atomic E-state index is 0.175. The van der Waals surface area contributed by atoms with Crippen LogP contribution < -0.4 is 14.2 Å². The average Bonchev–Trinajstić information content (AvgIpc) is 2.75. The molecule has 1 heterocycles. The first-order valence-corrected chi connectivity index (χ1v) is 10.6. The first kappa shape index (κ1) is 21.3. The Bertz CT molecular complexity index is 1150. The van der Waals surface area contributed by atoms with Gasteiger partial charge in [0.2, 0.25) is 0 Å². The molecule has 3 aromatic rings. The Hall–Kier alpha value is -2.92. The second kappa shape index (κ2) is 7.97. The number of fused-ring (bicyclic) bond motifs is 2. The number of benzene rings is 3. The number of aromatic hydroxyl groups is 1. The molecule has 0 bridgehead atoms. The average molecular weight is 422 g/mol. The van der Waals surface area contributed by atoms with Gasteiger partial charge in [-0.2, -0.15) is 0 Å². The molecule has 0 aromatic heterocycles. The molecule has 0 fully saturated rings. The molecular weight excluding hydrogens is 390 g/mol. The van der Waals surface area contributed by atoms with Crippen LogP contribution in [0.1, 0.15) is 36.6 Å². The molecule has 0 radical (unpaired) electrons. The van der Waals surface area contributed by atoms with E-state index < -0.39 is 0 Å². The Kier molecular flexibility index (Phi) is 5.48. The van der Waals surface area contributed by atoms with E-state index in [2.05, 4.69) is 31.9 Å². The first-order valence-electron chi connectivity index (χ1n) is 10.6. The minimum absolute atomic E-state index is 0.175. The van der Waals surface area contributed by atoms with Gasteiger partial charge in [-0.1, -0.05) is 6.07 Å². The second-order valence-electron chi connectivity index (χ2n) is 8.48. The summed E-state index contributed by atoms with van der Waals surface area (Å²) >= 11 is 0. The Labute approximate surface area is 184 Å². The third-order valence-corrected chi connectivity index (χ3v) is 6.72. The molecule has 3 aromatic carbocycles. The van der Waals surface area contributed by atoms with E-state index in [0.717, 1.165) is 56.7 Å². The highest BCUT2D eigenvalue weighted by atomic mass is 16.5. The Morgan fingerprint density at radius 1 is 0.968 bits per heavy atom. The summed E-state index contributed by atoms with van der Waals surface area (Å²) in [5, 5.41) is 13.0. The van der Waals surface area contributed by atoms with E-state index in [0.29, 0.717) is 11.6 Å². The van der Waals surface area contributed by atoms with Gasteiger partial charge in [0.1, 0.15) is 23.0 Å². The molecule has 4 rings (SSSR count). The van der Waals surface area contributed by atoms with Crippen molar-refractivity contribution in [1.29, 1.82) is 0 Å². The third kappa shape index (κ3) is 3.28. The van der Waals surface area contributed by atoms with Crippen molar-refractivity contribution in [3.8, 4) is 34.1 Å². The van der Waals surface area contributed by atoms with Gasteiger partial charge >= 0.3 is 0 Å². The summed E-state index contributed by atoms with van der Waals surface area (Å²) in [5.74, 6) is 2.43. The SMILES string of the molecule is COc1c(-c2ccc(OC)c3c(OC)cc(C)cc23)c(O)cc2c1[C@@H](C)N(C)[C@@H](C)C2. The van der Waals surface area contributed by atoms with E-state index in [1.807, 2.05) is 31.2 Å². The molecule has 31 heavy (non-hydrogen) atoms. The molecule has 0 amide bonds. The number of rotatable bonds is 4. The Balaban J connectivity index is 2.09. The highest BCUT2D eigenvalue weighted by Crippen LogP contribution is 2.51. The van der Waals surface area contributed by atoms with Gasteiger partial charge in [0.25, 0.3) is 0 Å². The van der Waals surface area contributed by atoms with Crippen molar-refractivity contribution >= 4 is 10.8 Å². The maximum Gasteiger partial charge on any atom is 0.135 e. The molecule has 5 heteroatoms. The largest absolute Gasteiger partial charge is 0.507 e. The second-order valence-corrected chi connectivity index (χ2v) is 8.48. The van der Waals surface area contributed by atoms with Gasteiger partial charge < -0.3 is 19.3 Å². The van der Waals surface area contributed by atoms with Gasteiger partial charge in [0.05, 0.1) is 32.3 Å². The summed E-state index contributed by atoms with van der Waals surface area (Å²) in [7, 11) is 7.14. The Morgan fingerprint density at radius 3 is 2.32 bits per heavy atom. The maximum atomic E-state index is 11.2. The van der Waals surface area contributed by atoms with Crippen molar-refractivity contribution in [2.45, 2.75) is 39.3 Å². The van der Waals surface area contributed by atoms with Crippen molar-refractivity contribution < 1.29 is 19.3 Å².